The molecule has 2 heterocycles. The number of methoxy groups -OCH3 is 1. The normalized spacial score (nSPS) is 10.6. The van der Waals surface area contributed by atoms with Crippen LogP contribution in [0.15, 0.2) is 22.8 Å². The fourth-order valence-corrected chi connectivity index (χ4v) is 2.68. The van der Waals surface area contributed by atoms with Gasteiger partial charge in [0.15, 0.2) is 10.9 Å². The largest absolute Gasteiger partial charge is 0.463 e. The molecule has 2 rings (SSSR count). The highest BCUT2D eigenvalue weighted by molar-refractivity contribution is 7.20. The quantitative estimate of drug-likeness (QED) is 0.886. The summed E-state index contributed by atoms with van der Waals surface area (Å²) in [6.45, 7) is 2.80. The second-order valence-electron chi connectivity index (χ2n) is 4.25. The molecule has 0 aliphatic rings. The summed E-state index contributed by atoms with van der Waals surface area (Å²) in [5.41, 5.74) is 0.724. The molecule has 0 radical (unpaired) electrons. The Bertz CT molecular complexity index is 565. The first-order chi connectivity index (χ1) is 9.61. The van der Waals surface area contributed by atoms with E-state index < -0.39 is 0 Å². The van der Waals surface area contributed by atoms with Crippen LogP contribution in [-0.4, -0.2) is 38.2 Å². The number of likely N-dealkylation sites (N-methyl/N-ethyl adjacent to an activating group) is 1. The predicted molar refractivity (Wildman–Crippen MR) is 79.3 cm³/mol. The average Bonchev–Trinajstić information content (AvgIpc) is 3.03. The maximum atomic E-state index is 11.2. The Balaban J connectivity index is 2.32. The molecule has 1 N–H and O–H groups in total. The van der Waals surface area contributed by atoms with Crippen molar-refractivity contribution in [2.75, 3.05) is 37.5 Å². The second-order valence-corrected chi connectivity index (χ2v) is 5.22. The van der Waals surface area contributed by atoms with Gasteiger partial charge in [0.25, 0.3) is 0 Å². The molecule has 0 unspecified atom stereocenters. The monoisotopic (exact) mass is 295 g/mol. The van der Waals surface area contributed by atoms with Gasteiger partial charge in [0.05, 0.1) is 12.9 Å². The molecule has 0 saturated heterocycles. The molecule has 2 aromatic rings. The predicted octanol–water partition coefficient (Wildman–Crippen LogP) is 2.44. The third-order valence-corrected chi connectivity index (χ3v) is 3.71. The number of amides is 1. The highest BCUT2D eigenvalue weighted by atomic mass is 32.1. The summed E-state index contributed by atoms with van der Waals surface area (Å²) in [5, 5.41) is 4.20. The van der Waals surface area contributed by atoms with Crippen LogP contribution in [0.2, 0.25) is 0 Å². The van der Waals surface area contributed by atoms with Crippen LogP contribution in [0.5, 0.6) is 0 Å². The van der Waals surface area contributed by atoms with Gasteiger partial charge in [0, 0.05) is 27.6 Å². The number of hydrogen-bond acceptors (Lipinski definition) is 6. The zero-order valence-corrected chi connectivity index (χ0v) is 12.5. The van der Waals surface area contributed by atoms with E-state index >= 15 is 0 Å². The maximum absolute atomic E-state index is 11.2. The molecule has 108 valence electrons. The molecule has 0 saturated carbocycles. The fourth-order valence-electron chi connectivity index (χ4n) is 1.68. The number of nitrogens with zero attached hydrogens (tertiary/aromatic N) is 2. The van der Waals surface area contributed by atoms with Crippen molar-refractivity contribution in [2.24, 2.45) is 0 Å². The number of ether oxygens (including phenoxy) is 1. The van der Waals surface area contributed by atoms with Crippen molar-refractivity contribution < 1.29 is 13.9 Å². The van der Waals surface area contributed by atoms with Gasteiger partial charge in [0.1, 0.15) is 10.7 Å². The number of aromatic nitrogens is 1. The Hall–Kier alpha value is -1.86. The van der Waals surface area contributed by atoms with E-state index in [9.17, 15) is 4.79 Å². The van der Waals surface area contributed by atoms with Crippen LogP contribution in [0.25, 0.3) is 11.5 Å². The minimum atomic E-state index is -0.143. The molecule has 0 spiro atoms. The van der Waals surface area contributed by atoms with Crippen molar-refractivity contribution in [1.82, 2.24) is 4.98 Å². The number of carbonyl (C=O) groups is 1. The SMILES string of the molecule is COCCN(C)c1sc(NC(C)=O)nc1-c1ccco1. The van der Waals surface area contributed by atoms with Crippen LogP contribution < -0.4 is 10.2 Å². The maximum Gasteiger partial charge on any atom is 0.223 e. The van der Waals surface area contributed by atoms with E-state index in [2.05, 4.69) is 10.3 Å². The Morgan fingerprint density at radius 2 is 2.40 bits per heavy atom. The lowest BCUT2D eigenvalue weighted by Gasteiger charge is -2.16. The molecule has 1 amide bonds. The zero-order valence-electron chi connectivity index (χ0n) is 11.7. The van der Waals surface area contributed by atoms with E-state index in [1.165, 1.54) is 18.3 Å². The van der Waals surface area contributed by atoms with Gasteiger partial charge in [-0.15, -0.1) is 0 Å². The van der Waals surface area contributed by atoms with Gasteiger partial charge < -0.3 is 19.4 Å². The van der Waals surface area contributed by atoms with Crippen molar-refractivity contribution >= 4 is 27.4 Å². The first-order valence-electron chi connectivity index (χ1n) is 6.14. The Morgan fingerprint density at radius 3 is 3.00 bits per heavy atom. The fraction of sp³-hybridized carbons (Fsp3) is 0.385. The van der Waals surface area contributed by atoms with Crippen LogP contribution in [0.4, 0.5) is 10.1 Å². The molecule has 0 fully saturated rings. The molecule has 6 nitrogen and oxygen atoms in total. The van der Waals surface area contributed by atoms with Crippen molar-refractivity contribution in [3.63, 3.8) is 0 Å². The average molecular weight is 295 g/mol. The van der Waals surface area contributed by atoms with E-state index in [1.54, 1.807) is 13.4 Å². The minimum absolute atomic E-state index is 0.143. The first kappa shape index (κ1) is 14.5. The van der Waals surface area contributed by atoms with Gasteiger partial charge in [-0.3, -0.25) is 4.79 Å². The van der Waals surface area contributed by atoms with Crippen LogP contribution >= 0.6 is 11.3 Å². The molecule has 0 aliphatic carbocycles. The van der Waals surface area contributed by atoms with Crippen molar-refractivity contribution in [3.05, 3.63) is 18.4 Å². The van der Waals surface area contributed by atoms with Gasteiger partial charge in [-0.1, -0.05) is 11.3 Å². The summed E-state index contributed by atoms with van der Waals surface area (Å²) >= 11 is 1.41. The van der Waals surface area contributed by atoms with E-state index in [1.807, 2.05) is 24.1 Å². The lowest BCUT2D eigenvalue weighted by atomic mass is 10.3. The van der Waals surface area contributed by atoms with Gasteiger partial charge in [-0.25, -0.2) is 4.98 Å². The van der Waals surface area contributed by atoms with Crippen molar-refractivity contribution in [2.45, 2.75) is 6.92 Å². The summed E-state index contributed by atoms with van der Waals surface area (Å²) in [6, 6.07) is 3.66. The molecule has 0 aliphatic heterocycles. The number of nitrogens with one attached hydrogen (secondary N) is 1. The van der Waals surface area contributed by atoms with Gasteiger partial charge in [-0.2, -0.15) is 0 Å². The Morgan fingerprint density at radius 1 is 1.60 bits per heavy atom. The molecule has 0 bridgehead atoms. The second kappa shape index (κ2) is 6.53. The van der Waals surface area contributed by atoms with Crippen molar-refractivity contribution in [1.29, 1.82) is 0 Å². The van der Waals surface area contributed by atoms with Gasteiger partial charge in [0.2, 0.25) is 5.91 Å². The number of hydrogen-bond donors (Lipinski definition) is 1. The van der Waals surface area contributed by atoms with Gasteiger partial charge >= 0.3 is 0 Å². The lowest BCUT2D eigenvalue weighted by Crippen LogP contribution is -2.21. The minimum Gasteiger partial charge on any atom is -0.463 e. The molecule has 0 atom stereocenters. The molecular formula is C13H17N3O3S. The summed E-state index contributed by atoms with van der Waals surface area (Å²) in [5.74, 6) is 0.535. The van der Waals surface area contributed by atoms with Crippen LogP contribution in [-0.2, 0) is 9.53 Å². The number of carbonyl (C=O) groups excluding carboxylic acids is 1. The number of rotatable bonds is 6. The standard InChI is InChI=1S/C13H17N3O3S/c1-9(17)14-13-15-11(10-5-4-7-19-10)12(20-13)16(2)6-8-18-3/h4-5,7H,6,8H2,1-3H3,(H,14,15,17). The molecule has 0 aromatic carbocycles. The van der Waals surface area contributed by atoms with Crippen molar-refractivity contribution in [3.8, 4) is 11.5 Å². The smallest absolute Gasteiger partial charge is 0.223 e. The summed E-state index contributed by atoms with van der Waals surface area (Å²) in [7, 11) is 3.62. The van der Waals surface area contributed by atoms with E-state index in [0.29, 0.717) is 17.5 Å². The summed E-state index contributed by atoms with van der Waals surface area (Å²) < 4.78 is 10.5. The van der Waals surface area contributed by atoms with Crippen LogP contribution in [0.1, 0.15) is 6.92 Å². The van der Waals surface area contributed by atoms with Crippen LogP contribution in [0, 0.1) is 0 Å². The summed E-state index contributed by atoms with van der Waals surface area (Å²) in [6.07, 6.45) is 1.60. The lowest BCUT2D eigenvalue weighted by molar-refractivity contribution is -0.114. The Kier molecular flexibility index (Phi) is 4.75. The van der Waals surface area contributed by atoms with E-state index in [0.717, 1.165) is 17.2 Å². The molecule has 20 heavy (non-hydrogen) atoms. The highest BCUT2D eigenvalue weighted by Gasteiger charge is 2.18. The number of furan rings is 1. The summed E-state index contributed by atoms with van der Waals surface area (Å²) in [4.78, 5) is 17.6. The first-order valence-corrected chi connectivity index (χ1v) is 6.96. The number of thiazole rings is 1. The molecule has 2 aromatic heterocycles. The van der Waals surface area contributed by atoms with Gasteiger partial charge in [-0.05, 0) is 12.1 Å². The Labute approximate surface area is 121 Å². The van der Waals surface area contributed by atoms with Crippen LogP contribution in [0.3, 0.4) is 0 Å². The third kappa shape index (κ3) is 3.37. The molecular weight excluding hydrogens is 278 g/mol. The highest BCUT2D eigenvalue weighted by Crippen LogP contribution is 2.38. The molecule has 7 heteroatoms. The van der Waals surface area contributed by atoms with E-state index in [-0.39, 0.29) is 5.91 Å². The third-order valence-electron chi connectivity index (χ3n) is 2.62. The zero-order chi connectivity index (χ0) is 14.5. The van der Waals surface area contributed by atoms with E-state index in [4.69, 9.17) is 9.15 Å². The topological polar surface area (TPSA) is 67.6 Å². The number of anilines is 2.